The summed E-state index contributed by atoms with van der Waals surface area (Å²) in [6.07, 6.45) is 1.07. The Morgan fingerprint density at radius 1 is 1.15 bits per heavy atom. The van der Waals surface area contributed by atoms with E-state index in [0.717, 1.165) is 11.8 Å². The molecule has 0 aromatic heterocycles. The first-order valence-corrected chi connectivity index (χ1v) is 9.79. The van der Waals surface area contributed by atoms with Crippen LogP contribution in [0.1, 0.15) is 18.1 Å². The van der Waals surface area contributed by atoms with Gasteiger partial charge in [0.25, 0.3) is 0 Å². The molecule has 0 bridgehead atoms. The van der Waals surface area contributed by atoms with Crippen molar-refractivity contribution in [3.63, 3.8) is 0 Å². The summed E-state index contributed by atoms with van der Waals surface area (Å²) < 4.78 is 48.7. The molecule has 8 heteroatoms. The van der Waals surface area contributed by atoms with Gasteiger partial charge in [0.2, 0.25) is 10.0 Å². The van der Waals surface area contributed by atoms with Gasteiger partial charge >= 0.3 is 0 Å². The van der Waals surface area contributed by atoms with Crippen molar-refractivity contribution in [2.45, 2.75) is 25.3 Å². The third kappa shape index (κ3) is 6.00. The molecule has 1 aromatic rings. The highest BCUT2D eigenvalue weighted by Gasteiger charge is 2.19. The fraction of sp³-hybridized carbons (Fsp3) is 0.500. The van der Waals surface area contributed by atoms with Crippen molar-refractivity contribution in [1.82, 2.24) is 4.72 Å². The van der Waals surface area contributed by atoms with Crippen molar-refractivity contribution in [2.75, 3.05) is 12.0 Å². The van der Waals surface area contributed by atoms with Crippen molar-refractivity contribution in [2.24, 2.45) is 5.73 Å². The maximum atomic E-state index is 12.0. The largest absolute Gasteiger partial charge is 0.326 e. The van der Waals surface area contributed by atoms with Gasteiger partial charge in [-0.3, -0.25) is 0 Å². The maximum absolute atomic E-state index is 12.0. The molecule has 0 spiro atoms. The lowest BCUT2D eigenvalue weighted by Gasteiger charge is -2.14. The summed E-state index contributed by atoms with van der Waals surface area (Å²) in [5.41, 5.74) is 6.94. The molecule has 0 fully saturated rings. The third-order valence-corrected chi connectivity index (χ3v) is 5.18. The fourth-order valence-electron chi connectivity index (χ4n) is 1.94. The molecule has 0 aliphatic carbocycles. The second-order valence-electron chi connectivity index (χ2n) is 4.84. The van der Waals surface area contributed by atoms with E-state index in [9.17, 15) is 16.8 Å². The lowest BCUT2D eigenvalue weighted by atomic mass is 10.1. The number of rotatable bonds is 7. The first-order chi connectivity index (χ1) is 9.13. The molecule has 0 saturated carbocycles. The highest BCUT2D eigenvalue weighted by atomic mass is 32.2. The summed E-state index contributed by atoms with van der Waals surface area (Å²) in [6.45, 7) is 1.78. The van der Waals surface area contributed by atoms with Crippen LogP contribution < -0.4 is 10.5 Å². The molecule has 6 nitrogen and oxygen atoms in total. The van der Waals surface area contributed by atoms with E-state index < -0.39 is 25.9 Å². The summed E-state index contributed by atoms with van der Waals surface area (Å²) in [6, 6.07) is 6.33. The number of hydrogen-bond donors (Lipinski definition) is 2. The van der Waals surface area contributed by atoms with Crippen molar-refractivity contribution in [3.8, 4) is 0 Å². The molecule has 0 saturated heterocycles. The van der Waals surface area contributed by atoms with E-state index in [0.29, 0.717) is 5.56 Å². The van der Waals surface area contributed by atoms with E-state index in [-0.39, 0.29) is 18.1 Å². The smallest absolute Gasteiger partial charge is 0.216 e. The molecule has 1 unspecified atom stereocenters. The Labute approximate surface area is 120 Å². The number of sulfonamides is 1. The Balaban J connectivity index is 2.80. The Bertz CT molecular complexity index is 654. The van der Waals surface area contributed by atoms with E-state index in [2.05, 4.69) is 4.72 Å². The molecule has 1 aromatic carbocycles. The second-order valence-corrected chi connectivity index (χ2v) is 8.78. The molecule has 0 radical (unpaired) electrons. The van der Waals surface area contributed by atoms with Gasteiger partial charge < -0.3 is 5.73 Å². The minimum atomic E-state index is -3.61. The van der Waals surface area contributed by atoms with Gasteiger partial charge in [-0.15, -0.1) is 0 Å². The van der Waals surface area contributed by atoms with Gasteiger partial charge in [-0.05, 0) is 18.1 Å². The molecule has 1 atom stereocenters. The molecule has 0 amide bonds. The third-order valence-electron chi connectivity index (χ3n) is 2.62. The first-order valence-electron chi connectivity index (χ1n) is 6.07. The quantitative estimate of drug-likeness (QED) is 0.735. The average molecular weight is 320 g/mol. The normalized spacial score (nSPS) is 14.2. The van der Waals surface area contributed by atoms with Crippen LogP contribution in [0.4, 0.5) is 0 Å². The van der Waals surface area contributed by atoms with E-state index in [1.165, 1.54) is 6.92 Å². The molecule has 1 rings (SSSR count). The predicted octanol–water partition coefficient (Wildman–Crippen LogP) is -0.00220. The lowest BCUT2D eigenvalue weighted by molar-refractivity contribution is 0.563. The van der Waals surface area contributed by atoms with Gasteiger partial charge in [0.1, 0.15) is 9.84 Å². The van der Waals surface area contributed by atoms with Crippen molar-refractivity contribution >= 4 is 19.9 Å². The summed E-state index contributed by atoms with van der Waals surface area (Å²) in [5.74, 6) is -0.445. The Hall–Kier alpha value is -0.960. The van der Waals surface area contributed by atoms with Gasteiger partial charge in [0.15, 0.2) is 0 Å². The highest BCUT2D eigenvalue weighted by Crippen LogP contribution is 2.11. The number of benzene rings is 1. The van der Waals surface area contributed by atoms with Gasteiger partial charge in [-0.1, -0.05) is 24.3 Å². The van der Waals surface area contributed by atoms with Crippen LogP contribution in [-0.2, 0) is 32.2 Å². The first kappa shape index (κ1) is 17.1. The monoisotopic (exact) mass is 320 g/mol. The summed E-state index contributed by atoms with van der Waals surface area (Å²) in [5, 5.41) is 0. The highest BCUT2D eigenvalue weighted by molar-refractivity contribution is 7.91. The van der Waals surface area contributed by atoms with Crippen LogP contribution in [0.2, 0.25) is 0 Å². The Morgan fingerprint density at radius 2 is 1.70 bits per heavy atom. The lowest BCUT2D eigenvalue weighted by Crippen LogP contribution is -2.38. The van der Waals surface area contributed by atoms with Crippen LogP contribution in [0.5, 0.6) is 0 Å². The molecule has 3 N–H and O–H groups in total. The molecule has 0 aliphatic heterocycles. The zero-order valence-electron chi connectivity index (χ0n) is 11.5. The molecule has 0 heterocycles. The van der Waals surface area contributed by atoms with E-state index in [1.807, 2.05) is 0 Å². The van der Waals surface area contributed by atoms with Crippen LogP contribution in [0, 0.1) is 0 Å². The van der Waals surface area contributed by atoms with Crippen LogP contribution in [-0.4, -0.2) is 34.9 Å². The average Bonchev–Trinajstić information content (AvgIpc) is 2.25. The molecular formula is C12H20N2O4S2. The summed E-state index contributed by atoms with van der Waals surface area (Å²) in [4.78, 5) is 0. The zero-order chi connectivity index (χ0) is 15.4. The number of sulfone groups is 1. The molecule has 114 valence electrons. The van der Waals surface area contributed by atoms with Crippen LogP contribution in [0.15, 0.2) is 24.3 Å². The summed E-state index contributed by atoms with van der Waals surface area (Å²) in [7, 11) is -6.84. The maximum Gasteiger partial charge on any atom is 0.216 e. The van der Waals surface area contributed by atoms with Gasteiger partial charge in [-0.2, -0.15) is 0 Å². The van der Waals surface area contributed by atoms with Gasteiger partial charge in [-0.25, -0.2) is 21.6 Å². The standard InChI is InChI=1S/C12H20N2O4S2/c1-10(8-19(2,15)16)14-20(17,18)9-12-6-4-3-5-11(12)7-13/h3-6,10,14H,7-9,13H2,1-2H3. The topological polar surface area (TPSA) is 106 Å². The van der Waals surface area contributed by atoms with E-state index >= 15 is 0 Å². The van der Waals surface area contributed by atoms with E-state index in [4.69, 9.17) is 5.73 Å². The van der Waals surface area contributed by atoms with Crippen molar-refractivity contribution in [3.05, 3.63) is 35.4 Å². The number of nitrogens with two attached hydrogens (primary N) is 1. The van der Waals surface area contributed by atoms with Crippen molar-refractivity contribution in [1.29, 1.82) is 0 Å². The number of hydrogen-bond acceptors (Lipinski definition) is 5. The second kappa shape index (κ2) is 6.66. The van der Waals surface area contributed by atoms with Crippen LogP contribution >= 0.6 is 0 Å². The van der Waals surface area contributed by atoms with Gasteiger partial charge in [0.05, 0.1) is 11.5 Å². The SMILES string of the molecule is CC(CS(C)(=O)=O)NS(=O)(=O)Cc1ccccc1CN. The molecule has 20 heavy (non-hydrogen) atoms. The van der Waals surface area contributed by atoms with Crippen LogP contribution in [0.25, 0.3) is 0 Å². The summed E-state index contributed by atoms with van der Waals surface area (Å²) >= 11 is 0. The zero-order valence-corrected chi connectivity index (χ0v) is 13.2. The number of nitrogens with one attached hydrogen (secondary N) is 1. The molecule has 0 aliphatic rings. The van der Waals surface area contributed by atoms with E-state index in [1.54, 1.807) is 24.3 Å². The Morgan fingerprint density at radius 3 is 2.20 bits per heavy atom. The fourth-order valence-corrected chi connectivity index (χ4v) is 4.51. The van der Waals surface area contributed by atoms with Crippen LogP contribution in [0.3, 0.4) is 0 Å². The minimum Gasteiger partial charge on any atom is -0.326 e. The Kier molecular flexibility index (Phi) is 5.69. The molecular weight excluding hydrogens is 300 g/mol. The van der Waals surface area contributed by atoms with Crippen molar-refractivity contribution < 1.29 is 16.8 Å². The minimum absolute atomic E-state index is 0.214. The predicted molar refractivity (Wildman–Crippen MR) is 79.3 cm³/mol. The van der Waals surface area contributed by atoms with Gasteiger partial charge in [0, 0.05) is 18.8 Å².